The van der Waals surface area contributed by atoms with Crippen molar-refractivity contribution >= 4 is 23.6 Å². The third kappa shape index (κ3) is 5.31. The zero-order chi connectivity index (χ0) is 22.4. The largest absolute Gasteiger partial charge is 0.465 e. The van der Waals surface area contributed by atoms with E-state index >= 15 is 0 Å². The lowest BCUT2D eigenvalue weighted by Gasteiger charge is -2.12. The van der Waals surface area contributed by atoms with Crippen LogP contribution in [0.25, 0.3) is 0 Å². The molecule has 0 aliphatic carbocycles. The molecule has 2 aromatic carbocycles. The molecule has 0 atom stereocenters. The average molecular weight is 417 g/mol. The van der Waals surface area contributed by atoms with Gasteiger partial charge in [0.1, 0.15) is 17.1 Å². The van der Waals surface area contributed by atoms with Crippen LogP contribution < -0.4 is 4.74 Å². The maximum absolute atomic E-state index is 12.2. The Hall–Kier alpha value is -3.95. The third-order valence-corrected chi connectivity index (χ3v) is 3.71. The van der Waals surface area contributed by atoms with Gasteiger partial charge in [-0.3, -0.25) is 10.1 Å². The molecule has 0 saturated heterocycles. The normalized spacial score (nSPS) is 10.3. The van der Waals surface area contributed by atoms with Crippen LogP contribution in [0.15, 0.2) is 36.4 Å². The van der Waals surface area contributed by atoms with E-state index in [0.29, 0.717) is 0 Å². The quantitative estimate of drug-likeness (QED) is 0.287. The van der Waals surface area contributed by atoms with Gasteiger partial charge in [-0.1, -0.05) is 0 Å². The lowest BCUT2D eigenvalue weighted by Crippen LogP contribution is -2.13. The van der Waals surface area contributed by atoms with Crippen LogP contribution in [0.1, 0.15) is 44.9 Å². The van der Waals surface area contributed by atoms with E-state index in [1.165, 1.54) is 38.5 Å². The fourth-order valence-electron chi connectivity index (χ4n) is 2.44. The summed E-state index contributed by atoms with van der Waals surface area (Å²) in [5.74, 6) is -2.21. The topological polar surface area (TPSA) is 131 Å². The summed E-state index contributed by atoms with van der Waals surface area (Å²) in [7, 11) is 2.35. The monoisotopic (exact) mass is 417 g/mol. The summed E-state index contributed by atoms with van der Waals surface area (Å²) in [6.45, 7) is 3.22. The SMILES string of the molecule is COC(=O)c1cc(Oc2ccc([N+](=O)[O-])c(C(=O)OC(C)C)c2)cc(C(=O)OC)c1. The second kappa shape index (κ2) is 9.50. The van der Waals surface area contributed by atoms with Crippen LogP contribution in [0, 0.1) is 10.1 Å². The predicted molar refractivity (Wildman–Crippen MR) is 103 cm³/mol. The van der Waals surface area contributed by atoms with Crippen molar-refractivity contribution in [3.05, 3.63) is 63.2 Å². The molecule has 0 amide bonds. The summed E-state index contributed by atoms with van der Waals surface area (Å²) in [6.07, 6.45) is -0.485. The minimum Gasteiger partial charge on any atom is -0.465 e. The highest BCUT2D eigenvalue weighted by Crippen LogP contribution is 2.30. The van der Waals surface area contributed by atoms with Gasteiger partial charge in [-0.05, 0) is 38.1 Å². The second-order valence-corrected chi connectivity index (χ2v) is 6.22. The van der Waals surface area contributed by atoms with Gasteiger partial charge in [-0.2, -0.15) is 0 Å². The molecule has 0 heterocycles. The van der Waals surface area contributed by atoms with Crippen LogP contribution in [-0.4, -0.2) is 43.2 Å². The first-order chi connectivity index (χ1) is 14.2. The Kier molecular flexibility index (Phi) is 7.08. The van der Waals surface area contributed by atoms with Gasteiger partial charge in [0.25, 0.3) is 5.69 Å². The summed E-state index contributed by atoms with van der Waals surface area (Å²) in [4.78, 5) is 46.5. The number of rotatable bonds is 7. The molecule has 0 aliphatic rings. The zero-order valence-electron chi connectivity index (χ0n) is 16.7. The van der Waals surface area contributed by atoms with Gasteiger partial charge in [0.2, 0.25) is 0 Å². The van der Waals surface area contributed by atoms with Crippen molar-refractivity contribution in [3.8, 4) is 11.5 Å². The molecule has 0 N–H and O–H groups in total. The van der Waals surface area contributed by atoms with Crippen LogP contribution in [0.3, 0.4) is 0 Å². The Morgan fingerprint density at radius 3 is 1.90 bits per heavy atom. The van der Waals surface area contributed by atoms with Crippen molar-refractivity contribution in [2.75, 3.05) is 14.2 Å². The van der Waals surface area contributed by atoms with Crippen molar-refractivity contribution in [1.82, 2.24) is 0 Å². The van der Waals surface area contributed by atoms with Crippen molar-refractivity contribution in [3.63, 3.8) is 0 Å². The zero-order valence-corrected chi connectivity index (χ0v) is 16.7. The maximum Gasteiger partial charge on any atom is 0.345 e. The number of nitrogens with zero attached hydrogens (tertiary/aromatic N) is 1. The molecule has 0 aliphatic heterocycles. The summed E-state index contributed by atoms with van der Waals surface area (Å²) >= 11 is 0. The third-order valence-electron chi connectivity index (χ3n) is 3.71. The molecule has 0 aromatic heterocycles. The maximum atomic E-state index is 12.2. The smallest absolute Gasteiger partial charge is 0.345 e. The summed E-state index contributed by atoms with van der Waals surface area (Å²) in [5, 5.41) is 11.2. The standard InChI is InChI=1S/C20H19NO9/c1-11(2)29-20(24)16-10-14(5-6-17(16)21(25)26)30-15-8-12(18(22)27-3)7-13(9-15)19(23)28-4/h5-11H,1-4H3. The predicted octanol–water partition coefficient (Wildman–Crippen LogP) is 3.53. The molecule has 2 aromatic rings. The summed E-state index contributed by atoms with van der Waals surface area (Å²) in [5.41, 5.74) is -0.705. The van der Waals surface area contributed by atoms with Crippen molar-refractivity contribution in [2.45, 2.75) is 20.0 Å². The summed E-state index contributed by atoms with van der Waals surface area (Å²) in [6, 6.07) is 7.40. The number of hydrogen-bond acceptors (Lipinski definition) is 9. The van der Waals surface area contributed by atoms with Gasteiger partial charge >= 0.3 is 17.9 Å². The van der Waals surface area contributed by atoms with Crippen molar-refractivity contribution in [1.29, 1.82) is 0 Å². The number of nitro groups is 1. The second-order valence-electron chi connectivity index (χ2n) is 6.22. The Morgan fingerprint density at radius 1 is 0.867 bits per heavy atom. The molecule has 2 rings (SSSR count). The molecule has 0 bridgehead atoms. The first-order valence-corrected chi connectivity index (χ1v) is 8.65. The first kappa shape index (κ1) is 22.3. The molecular weight excluding hydrogens is 398 g/mol. The molecule has 30 heavy (non-hydrogen) atoms. The fourth-order valence-corrected chi connectivity index (χ4v) is 2.44. The minimum absolute atomic E-state index is 0.0248. The van der Waals surface area contributed by atoms with E-state index in [9.17, 15) is 24.5 Å². The summed E-state index contributed by atoms with van der Waals surface area (Å²) < 4.78 is 20.0. The number of carbonyl (C=O) groups is 3. The van der Waals surface area contributed by atoms with Gasteiger partial charge in [-0.25, -0.2) is 14.4 Å². The number of esters is 3. The number of hydrogen-bond donors (Lipinski definition) is 0. The Balaban J connectivity index is 2.48. The lowest BCUT2D eigenvalue weighted by molar-refractivity contribution is -0.385. The molecule has 0 unspecified atom stereocenters. The van der Waals surface area contributed by atoms with Gasteiger partial charge in [0, 0.05) is 12.1 Å². The van der Waals surface area contributed by atoms with Gasteiger partial charge in [-0.15, -0.1) is 0 Å². The number of carbonyl (C=O) groups excluding carboxylic acids is 3. The number of methoxy groups -OCH3 is 2. The highest BCUT2D eigenvalue weighted by molar-refractivity contribution is 5.96. The minimum atomic E-state index is -0.888. The fraction of sp³-hybridized carbons (Fsp3) is 0.250. The van der Waals surface area contributed by atoms with Gasteiger partial charge < -0.3 is 18.9 Å². The van der Waals surface area contributed by atoms with Gasteiger partial charge in [0.15, 0.2) is 0 Å². The van der Waals surface area contributed by atoms with Crippen molar-refractivity contribution < 1.29 is 38.3 Å². The Bertz CT molecular complexity index is 964. The van der Waals surface area contributed by atoms with Crippen LogP contribution in [0.2, 0.25) is 0 Å². The van der Waals surface area contributed by atoms with Gasteiger partial charge in [0.05, 0.1) is 36.4 Å². The van der Waals surface area contributed by atoms with E-state index in [-0.39, 0.29) is 28.2 Å². The molecule has 0 fully saturated rings. The van der Waals surface area contributed by atoms with E-state index in [4.69, 9.17) is 9.47 Å². The Labute approximate surface area is 171 Å². The molecular formula is C20H19NO9. The molecule has 0 spiro atoms. The Morgan fingerprint density at radius 2 is 1.43 bits per heavy atom. The highest BCUT2D eigenvalue weighted by Gasteiger charge is 2.24. The number of nitro benzene ring substituents is 1. The van der Waals surface area contributed by atoms with E-state index in [0.717, 1.165) is 12.1 Å². The average Bonchev–Trinajstić information content (AvgIpc) is 2.71. The van der Waals surface area contributed by atoms with Crippen LogP contribution in [0.5, 0.6) is 11.5 Å². The molecule has 158 valence electrons. The highest BCUT2D eigenvalue weighted by atomic mass is 16.6. The molecule has 10 heteroatoms. The lowest BCUT2D eigenvalue weighted by atomic mass is 10.1. The van der Waals surface area contributed by atoms with E-state index < -0.39 is 34.6 Å². The number of benzene rings is 2. The molecule has 0 saturated carbocycles. The molecule has 10 nitrogen and oxygen atoms in total. The van der Waals surface area contributed by atoms with Crippen molar-refractivity contribution in [2.24, 2.45) is 0 Å². The molecule has 0 radical (unpaired) electrons. The van der Waals surface area contributed by atoms with E-state index in [1.54, 1.807) is 13.8 Å². The van der Waals surface area contributed by atoms with E-state index in [1.807, 2.05) is 0 Å². The van der Waals surface area contributed by atoms with Crippen LogP contribution in [0.4, 0.5) is 5.69 Å². The first-order valence-electron chi connectivity index (χ1n) is 8.65. The number of ether oxygens (including phenoxy) is 4. The van der Waals surface area contributed by atoms with Crippen LogP contribution >= 0.6 is 0 Å². The van der Waals surface area contributed by atoms with E-state index in [2.05, 4.69) is 9.47 Å². The van der Waals surface area contributed by atoms with Crippen LogP contribution in [-0.2, 0) is 14.2 Å².